The summed E-state index contributed by atoms with van der Waals surface area (Å²) in [6, 6.07) is 14.0. The molecule has 10 rings (SSSR count). The van der Waals surface area contributed by atoms with Gasteiger partial charge in [0.2, 0.25) is 0 Å². The van der Waals surface area contributed by atoms with Crippen molar-refractivity contribution in [3.63, 3.8) is 0 Å². The lowest BCUT2D eigenvalue weighted by Crippen LogP contribution is -2.37. The maximum atomic E-state index is 13.1. The number of aliphatic hydroxyl groups excluding tert-OH is 1. The van der Waals surface area contributed by atoms with Crippen molar-refractivity contribution < 1.29 is 72.0 Å². The first-order valence-electron chi connectivity index (χ1n) is 36.4. The Kier molecular flexibility index (Phi) is 36.7. The van der Waals surface area contributed by atoms with Crippen LogP contribution in [-0.2, 0) is 42.7 Å². The first kappa shape index (κ1) is 78.3. The highest BCUT2D eigenvalue weighted by Crippen LogP contribution is 2.45. The van der Waals surface area contributed by atoms with Crippen molar-refractivity contribution in [1.29, 1.82) is 0 Å². The van der Waals surface area contributed by atoms with Gasteiger partial charge in [-0.25, -0.2) is 9.59 Å². The monoisotopic (exact) mass is 1340 g/mol. The van der Waals surface area contributed by atoms with E-state index in [1.165, 1.54) is 148 Å². The summed E-state index contributed by atoms with van der Waals surface area (Å²) in [4.78, 5) is 49.3. The van der Waals surface area contributed by atoms with Gasteiger partial charge < -0.3 is 52.8 Å². The van der Waals surface area contributed by atoms with E-state index in [4.69, 9.17) is 70.9 Å². The number of hydrogen-bond acceptors (Lipinski definition) is 14. The molecule has 4 heterocycles. The SMILES string of the molecule is C.CCCCCC1CCC(C2CCC(C(=O)O)CC2)CC1.CCCCCCOc1ccc(C(=O)O[C@H]2CO[C@@H]3[C@H]2OC[C@H]3OC(=O)C2CCC(C3CCC(CCCCC)CC3)CC2)cc1.CCCCCCOc1ccc(C(=O)O[C@H]2CO[C@H]3[C@@H]2OC[C@H]3O)cc1.ClCCl. The molecule has 15 nitrogen and oxygen atoms in total. The Bertz CT molecular complexity index is 2360. The van der Waals surface area contributed by atoms with E-state index in [0.717, 1.165) is 105 Å². The van der Waals surface area contributed by atoms with Gasteiger partial charge in [-0.3, -0.25) is 9.59 Å². The Balaban J connectivity index is 0.000000236. The minimum absolute atomic E-state index is 0. The number of aliphatic hydroxyl groups is 1. The van der Waals surface area contributed by atoms with E-state index in [1.807, 2.05) is 0 Å². The highest BCUT2D eigenvalue weighted by Gasteiger charge is 2.52. The van der Waals surface area contributed by atoms with Crippen molar-refractivity contribution in [2.75, 3.05) is 45.0 Å². The van der Waals surface area contributed by atoms with E-state index < -0.39 is 60.6 Å². The molecule has 0 amide bonds. The number of aliphatic carboxylic acids is 1. The van der Waals surface area contributed by atoms with E-state index in [9.17, 15) is 24.3 Å². The number of ether oxygens (including phenoxy) is 9. The summed E-state index contributed by atoms with van der Waals surface area (Å²) in [5.41, 5.74) is 0.920. The summed E-state index contributed by atoms with van der Waals surface area (Å²) in [6.45, 7) is 11.3. The Morgan fingerprint density at radius 3 is 1.15 bits per heavy atom. The molecule has 8 fully saturated rings. The number of fused-ring (bicyclic) bond motifs is 2. The largest absolute Gasteiger partial charge is 0.494 e. The third-order valence-corrected chi connectivity index (χ3v) is 21.2. The highest BCUT2D eigenvalue weighted by atomic mass is 35.5. The number of rotatable bonds is 29. The summed E-state index contributed by atoms with van der Waals surface area (Å²) in [5.74, 6) is 5.19. The molecule has 17 heteroatoms. The van der Waals surface area contributed by atoms with Crippen LogP contribution in [0.3, 0.4) is 0 Å². The van der Waals surface area contributed by atoms with Crippen LogP contribution in [0.1, 0.15) is 261 Å². The number of benzene rings is 2. The van der Waals surface area contributed by atoms with Gasteiger partial charge in [0.15, 0.2) is 18.3 Å². The molecule has 4 saturated heterocycles. The van der Waals surface area contributed by atoms with Gasteiger partial charge in [0.1, 0.15) is 42.0 Å². The van der Waals surface area contributed by atoms with Crippen LogP contribution in [0.15, 0.2) is 48.5 Å². The Hall–Kier alpha value is -3.70. The molecule has 2 N–H and O–H groups in total. The first-order valence-corrected chi connectivity index (χ1v) is 37.5. The molecule has 4 aliphatic carbocycles. The third kappa shape index (κ3) is 25.6. The molecule has 0 aromatic heterocycles. The predicted molar refractivity (Wildman–Crippen MR) is 366 cm³/mol. The fourth-order valence-electron chi connectivity index (χ4n) is 15.6. The number of unbranched alkanes of at least 4 members (excludes halogenated alkanes) is 10. The molecular weight excluding hydrogens is 1220 g/mol. The van der Waals surface area contributed by atoms with E-state index in [-0.39, 0.29) is 63.1 Å². The molecule has 8 aliphatic rings. The van der Waals surface area contributed by atoms with Crippen LogP contribution in [0.2, 0.25) is 0 Å². The molecule has 2 aromatic rings. The van der Waals surface area contributed by atoms with Crippen molar-refractivity contribution in [2.45, 2.75) is 289 Å². The fourth-order valence-corrected chi connectivity index (χ4v) is 15.6. The molecule has 0 unspecified atom stereocenters. The van der Waals surface area contributed by atoms with Crippen LogP contribution in [0.5, 0.6) is 11.5 Å². The minimum Gasteiger partial charge on any atom is -0.494 e. The number of halogens is 2. The van der Waals surface area contributed by atoms with Crippen LogP contribution >= 0.6 is 23.2 Å². The van der Waals surface area contributed by atoms with E-state index >= 15 is 0 Å². The molecule has 4 aliphatic heterocycles. The van der Waals surface area contributed by atoms with Crippen LogP contribution in [-0.4, -0.2) is 128 Å². The topological polar surface area (TPSA) is 192 Å². The second-order valence-corrected chi connectivity index (χ2v) is 28.5. The van der Waals surface area contributed by atoms with Gasteiger partial charge in [-0.15, -0.1) is 23.2 Å². The Labute approximate surface area is 569 Å². The molecular formula is C76H120Cl2O15. The van der Waals surface area contributed by atoms with Crippen LogP contribution in [0.4, 0.5) is 0 Å². The molecule has 4 saturated carbocycles. The minimum atomic E-state index is -0.650. The molecule has 93 heavy (non-hydrogen) atoms. The molecule has 2 aromatic carbocycles. The maximum absolute atomic E-state index is 13.1. The van der Waals surface area contributed by atoms with E-state index in [1.54, 1.807) is 48.5 Å². The molecule has 0 radical (unpaired) electrons. The standard InChI is InChI=1S/C37H56O7.C19H26O6.C18H32O2.CH2Cl2.CH4/c1-3-5-7-9-23-40-31-21-19-30(20-22-31)37(39)44-33-25-42-34-32(24-41-35(33)34)43-36(38)29-17-15-28(16-18-29)27-13-11-26(12-14-27)10-8-6-4-2;1-2-3-4-5-10-22-14-8-6-13(7-9-14)19(21)25-16-12-24-17-15(20)11-23-18(16)17;1-2-3-4-5-14-6-8-15(9-7-14)16-10-12-17(13-11-16)18(19)20;2-1-3;/h19-22,26-29,32-35H,3-18,23-25H2,1-2H3;6-9,15-18,20H,2-5,10-12H2,1H3;14-17H,2-13H2,1H3,(H,19,20);1H2;1H4/t26?,27?,28?,29?,32-,33+,34+,35+;15-,16+,17-,18-;;;/m11.../s1. The second kappa shape index (κ2) is 43.6. The van der Waals surface area contributed by atoms with Gasteiger partial charge in [0.25, 0.3) is 0 Å². The maximum Gasteiger partial charge on any atom is 0.338 e. The number of hydrogen-bond donors (Lipinski definition) is 2. The highest BCUT2D eigenvalue weighted by molar-refractivity contribution is 6.40. The van der Waals surface area contributed by atoms with Gasteiger partial charge >= 0.3 is 23.9 Å². The zero-order valence-electron chi connectivity index (χ0n) is 56.4. The average molecular weight is 1340 g/mol. The Morgan fingerprint density at radius 2 is 0.763 bits per heavy atom. The van der Waals surface area contributed by atoms with Crippen molar-refractivity contribution in [3.8, 4) is 11.5 Å². The van der Waals surface area contributed by atoms with Crippen molar-refractivity contribution in [2.24, 2.45) is 47.3 Å². The van der Waals surface area contributed by atoms with Gasteiger partial charge in [0.05, 0.1) is 67.9 Å². The molecule has 8 atom stereocenters. The summed E-state index contributed by atoms with van der Waals surface area (Å²) in [5, 5.41) is 19.0. The van der Waals surface area contributed by atoms with Gasteiger partial charge in [-0.05, 0) is 174 Å². The zero-order chi connectivity index (χ0) is 65.5. The summed E-state index contributed by atoms with van der Waals surface area (Å²) in [7, 11) is 0. The third-order valence-electron chi connectivity index (χ3n) is 21.2. The van der Waals surface area contributed by atoms with Gasteiger partial charge in [-0.2, -0.15) is 0 Å². The normalized spacial score (nSPS) is 30.2. The molecule has 528 valence electrons. The summed E-state index contributed by atoms with van der Waals surface area (Å²) >= 11 is 9.53. The second-order valence-electron chi connectivity index (χ2n) is 27.7. The number of esters is 3. The number of alkyl halides is 2. The number of carbonyl (C=O) groups is 4. The fraction of sp³-hybridized carbons (Fsp3) is 0.789. The zero-order valence-corrected chi connectivity index (χ0v) is 57.9. The van der Waals surface area contributed by atoms with Crippen LogP contribution in [0.25, 0.3) is 0 Å². The predicted octanol–water partition coefficient (Wildman–Crippen LogP) is 17.7. The summed E-state index contributed by atoms with van der Waals surface area (Å²) < 4.78 is 51.5. The van der Waals surface area contributed by atoms with E-state index in [2.05, 4.69) is 27.7 Å². The average Bonchev–Trinajstić information content (AvgIpc) is 1.70. The van der Waals surface area contributed by atoms with Crippen LogP contribution in [0, 0.1) is 47.3 Å². The Morgan fingerprint density at radius 1 is 0.430 bits per heavy atom. The van der Waals surface area contributed by atoms with Crippen molar-refractivity contribution in [1.82, 2.24) is 0 Å². The van der Waals surface area contributed by atoms with Gasteiger partial charge in [0, 0.05) is 0 Å². The lowest BCUT2D eigenvalue weighted by Gasteiger charge is -2.37. The summed E-state index contributed by atoms with van der Waals surface area (Å²) in [6.07, 6.45) is 36.2. The molecule has 0 spiro atoms. The number of carboxylic acids is 1. The first-order chi connectivity index (χ1) is 44.9. The van der Waals surface area contributed by atoms with E-state index in [0.29, 0.717) is 24.3 Å². The lowest BCUT2D eigenvalue weighted by molar-refractivity contribution is -0.160. The smallest absolute Gasteiger partial charge is 0.338 e. The molecule has 0 bridgehead atoms. The van der Waals surface area contributed by atoms with Crippen molar-refractivity contribution >= 4 is 47.1 Å². The number of carbonyl (C=O) groups excluding carboxylic acids is 3. The van der Waals surface area contributed by atoms with Gasteiger partial charge in [-0.1, -0.05) is 151 Å². The van der Waals surface area contributed by atoms with Crippen LogP contribution < -0.4 is 9.47 Å². The quantitative estimate of drug-likeness (QED) is 0.0338. The number of carboxylic acid groups (broad SMARTS) is 1. The van der Waals surface area contributed by atoms with Crippen molar-refractivity contribution in [3.05, 3.63) is 59.7 Å². The lowest BCUT2D eigenvalue weighted by atomic mass is 9.68.